The second-order valence-corrected chi connectivity index (χ2v) is 7.37. The zero-order chi connectivity index (χ0) is 20.1. The minimum atomic E-state index is -0.140. The molecule has 0 saturated carbocycles. The first-order chi connectivity index (χ1) is 13.5. The second-order valence-electron chi connectivity index (χ2n) is 6.96. The van der Waals surface area contributed by atoms with Gasteiger partial charge in [-0.1, -0.05) is 25.4 Å². The number of hydrogen-bond donors (Lipinski definition) is 3. The maximum absolute atomic E-state index is 9.65. The molecular formula is C21H24ClN5O. The van der Waals surface area contributed by atoms with E-state index in [9.17, 15) is 5.11 Å². The van der Waals surface area contributed by atoms with Gasteiger partial charge in [0.2, 0.25) is 5.95 Å². The van der Waals surface area contributed by atoms with E-state index < -0.39 is 0 Å². The van der Waals surface area contributed by atoms with Crippen LogP contribution in [0.5, 0.6) is 0 Å². The average molecular weight is 398 g/mol. The van der Waals surface area contributed by atoms with E-state index in [0.29, 0.717) is 11.8 Å². The molecule has 0 spiro atoms. The molecule has 3 N–H and O–H groups in total. The summed E-state index contributed by atoms with van der Waals surface area (Å²) in [4.78, 5) is 13.3. The van der Waals surface area contributed by atoms with Crippen molar-refractivity contribution in [2.45, 2.75) is 26.8 Å². The van der Waals surface area contributed by atoms with Crippen LogP contribution >= 0.6 is 11.6 Å². The summed E-state index contributed by atoms with van der Waals surface area (Å²) < 4.78 is 0. The normalized spacial score (nSPS) is 12.1. The Labute approximate surface area is 170 Å². The van der Waals surface area contributed by atoms with Gasteiger partial charge >= 0.3 is 0 Å². The summed E-state index contributed by atoms with van der Waals surface area (Å²) in [6.45, 7) is 6.03. The Morgan fingerprint density at radius 2 is 1.82 bits per heavy atom. The summed E-state index contributed by atoms with van der Waals surface area (Å²) in [6.07, 6.45) is 3.45. The fourth-order valence-corrected chi connectivity index (χ4v) is 2.82. The van der Waals surface area contributed by atoms with E-state index in [1.807, 2.05) is 57.2 Å². The third kappa shape index (κ3) is 4.97. The van der Waals surface area contributed by atoms with Gasteiger partial charge in [-0.25, -0.2) is 4.98 Å². The van der Waals surface area contributed by atoms with E-state index in [0.717, 1.165) is 27.5 Å². The van der Waals surface area contributed by atoms with Crippen LogP contribution in [0.3, 0.4) is 0 Å². The quantitative estimate of drug-likeness (QED) is 0.537. The number of benzene rings is 1. The highest BCUT2D eigenvalue weighted by molar-refractivity contribution is 6.31. The first-order valence-electron chi connectivity index (χ1n) is 9.16. The second kappa shape index (κ2) is 8.99. The van der Waals surface area contributed by atoms with Crippen molar-refractivity contribution in [2.75, 3.05) is 17.2 Å². The van der Waals surface area contributed by atoms with Crippen molar-refractivity contribution in [3.05, 3.63) is 59.4 Å². The van der Waals surface area contributed by atoms with Crippen molar-refractivity contribution in [2.24, 2.45) is 5.92 Å². The van der Waals surface area contributed by atoms with Crippen molar-refractivity contribution >= 4 is 29.1 Å². The minimum absolute atomic E-state index is 0.000345. The number of hydrogen-bond acceptors (Lipinski definition) is 6. The molecule has 3 rings (SSSR count). The summed E-state index contributed by atoms with van der Waals surface area (Å²) >= 11 is 6.12. The third-order valence-electron chi connectivity index (χ3n) is 4.45. The molecule has 0 aliphatic heterocycles. The Morgan fingerprint density at radius 3 is 2.46 bits per heavy atom. The van der Waals surface area contributed by atoms with Crippen LogP contribution in [0, 0.1) is 12.8 Å². The number of rotatable bonds is 7. The predicted octanol–water partition coefficient (Wildman–Crippen LogP) is 4.67. The molecule has 2 heterocycles. The molecule has 28 heavy (non-hydrogen) atoms. The van der Waals surface area contributed by atoms with Crippen molar-refractivity contribution < 1.29 is 5.11 Å². The lowest BCUT2D eigenvalue weighted by atomic mass is 10.1. The monoisotopic (exact) mass is 397 g/mol. The van der Waals surface area contributed by atoms with Gasteiger partial charge in [0, 0.05) is 34.7 Å². The Hall–Kier alpha value is -2.70. The number of pyridine rings is 1. The van der Waals surface area contributed by atoms with E-state index in [1.165, 1.54) is 0 Å². The van der Waals surface area contributed by atoms with E-state index in [1.54, 1.807) is 12.4 Å². The van der Waals surface area contributed by atoms with Gasteiger partial charge in [-0.2, -0.15) is 4.98 Å². The molecule has 2 aromatic heterocycles. The topological polar surface area (TPSA) is 83.0 Å². The minimum Gasteiger partial charge on any atom is -0.394 e. The molecule has 1 atom stereocenters. The predicted molar refractivity (Wildman–Crippen MR) is 114 cm³/mol. The van der Waals surface area contributed by atoms with Crippen LogP contribution in [0.1, 0.15) is 19.4 Å². The highest BCUT2D eigenvalue weighted by Crippen LogP contribution is 2.26. The number of halogens is 1. The van der Waals surface area contributed by atoms with Crippen LogP contribution in [-0.2, 0) is 0 Å². The molecule has 0 radical (unpaired) electrons. The van der Waals surface area contributed by atoms with Crippen LogP contribution < -0.4 is 10.6 Å². The molecule has 6 nitrogen and oxygen atoms in total. The number of aliphatic hydroxyl groups excluding tert-OH is 1. The van der Waals surface area contributed by atoms with Crippen LogP contribution in [0.2, 0.25) is 5.02 Å². The fourth-order valence-electron chi connectivity index (χ4n) is 2.71. The fraction of sp³-hybridized carbons (Fsp3) is 0.286. The zero-order valence-corrected chi connectivity index (χ0v) is 16.9. The van der Waals surface area contributed by atoms with Gasteiger partial charge in [-0.15, -0.1) is 0 Å². The maximum Gasteiger partial charge on any atom is 0.225 e. The Balaban J connectivity index is 1.97. The van der Waals surface area contributed by atoms with Crippen LogP contribution in [0.25, 0.3) is 11.3 Å². The molecular weight excluding hydrogens is 374 g/mol. The van der Waals surface area contributed by atoms with Crippen molar-refractivity contribution in [3.63, 3.8) is 0 Å². The summed E-state index contributed by atoms with van der Waals surface area (Å²) in [5, 5.41) is 16.9. The van der Waals surface area contributed by atoms with Gasteiger partial charge < -0.3 is 15.7 Å². The SMILES string of the molecule is Cc1cc(Nc2cc(-c3ccncc3)nc(N[C@@H](CO)C(C)C)n2)ccc1Cl. The largest absolute Gasteiger partial charge is 0.394 e. The highest BCUT2D eigenvalue weighted by Gasteiger charge is 2.15. The summed E-state index contributed by atoms with van der Waals surface area (Å²) in [7, 11) is 0. The molecule has 0 saturated heterocycles. The lowest BCUT2D eigenvalue weighted by Gasteiger charge is -2.20. The van der Waals surface area contributed by atoms with Gasteiger partial charge in [-0.3, -0.25) is 4.98 Å². The molecule has 0 amide bonds. The van der Waals surface area contributed by atoms with E-state index in [-0.39, 0.29) is 18.6 Å². The number of aromatic nitrogens is 3. The van der Waals surface area contributed by atoms with Gasteiger partial charge in [-0.05, 0) is 48.7 Å². The molecule has 3 aromatic rings. The van der Waals surface area contributed by atoms with E-state index >= 15 is 0 Å². The number of nitrogens with one attached hydrogen (secondary N) is 2. The van der Waals surface area contributed by atoms with Gasteiger partial charge in [0.05, 0.1) is 18.3 Å². The summed E-state index contributed by atoms with van der Waals surface area (Å²) in [5.41, 5.74) is 3.55. The Kier molecular flexibility index (Phi) is 6.44. The summed E-state index contributed by atoms with van der Waals surface area (Å²) in [6, 6.07) is 11.3. The Morgan fingerprint density at radius 1 is 1.07 bits per heavy atom. The van der Waals surface area contributed by atoms with Crippen LogP contribution in [0.4, 0.5) is 17.5 Å². The number of nitrogens with zero attached hydrogens (tertiary/aromatic N) is 3. The first-order valence-corrected chi connectivity index (χ1v) is 9.54. The molecule has 146 valence electrons. The standard InChI is InChI=1S/C21H24ClN5O/c1-13(2)19(12-28)26-21-25-18(15-6-8-23-9-7-15)11-20(27-21)24-16-4-5-17(22)14(3)10-16/h4-11,13,19,28H,12H2,1-3H3,(H2,24,25,26,27)/t19-/m0/s1. The molecule has 0 fully saturated rings. The number of anilines is 3. The van der Waals surface area contributed by atoms with Gasteiger partial charge in [0.25, 0.3) is 0 Å². The molecule has 1 aromatic carbocycles. The Bertz CT molecular complexity index is 933. The maximum atomic E-state index is 9.65. The highest BCUT2D eigenvalue weighted by atomic mass is 35.5. The van der Waals surface area contributed by atoms with Crippen LogP contribution in [0.15, 0.2) is 48.8 Å². The van der Waals surface area contributed by atoms with Crippen molar-refractivity contribution in [3.8, 4) is 11.3 Å². The molecule has 0 aliphatic carbocycles. The third-order valence-corrected chi connectivity index (χ3v) is 4.87. The zero-order valence-electron chi connectivity index (χ0n) is 16.1. The van der Waals surface area contributed by atoms with Gasteiger partial charge in [0.15, 0.2) is 0 Å². The smallest absolute Gasteiger partial charge is 0.225 e. The first kappa shape index (κ1) is 20.0. The molecule has 0 unspecified atom stereocenters. The molecule has 0 bridgehead atoms. The van der Waals surface area contributed by atoms with Crippen molar-refractivity contribution in [1.82, 2.24) is 15.0 Å². The average Bonchev–Trinajstić information content (AvgIpc) is 2.69. The number of aliphatic hydroxyl groups is 1. The summed E-state index contributed by atoms with van der Waals surface area (Å²) in [5.74, 6) is 1.33. The van der Waals surface area contributed by atoms with Gasteiger partial charge in [0.1, 0.15) is 5.82 Å². The lowest BCUT2D eigenvalue weighted by molar-refractivity contribution is 0.248. The lowest BCUT2D eigenvalue weighted by Crippen LogP contribution is -2.30. The van der Waals surface area contributed by atoms with Crippen LogP contribution in [-0.4, -0.2) is 32.7 Å². The molecule has 0 aliphatic rings. The van der Waals surface area contributed by atoms with E-state index in [4.69, 9.17) is 11.6 Å². The van der Waals surface area contributed by atoms with Crippen molar-refractivity contribution in [1.29, 1.82) is 0 Å². The number of aryl methyl sites for hydroxylation is 1. The van der Waals surface area contributed by atoms with E-state index in [2.05, 4.69) is 25.6 Å². The molecule has 7 heteroatoms.